The Balaban J connectivity index is 3.19. The Morgan fingerprint density at radius 3 is 2.50 bits per heavy atom. The van der Waals surface area contributed by atoms with E-state index in [-0.39, 0.29) is 5.03 Å². The summed E-state index contributed by atoms with van der Waals surface area (Å²) in [6.45, 7) is 0. The molecule has 0 radical (unpaired) electrons. The van der Waals surface area contributed by atoms with E-state index in [1.54, 1.807) is 12.1 Å². The van der Waals surface area contributed by atoms with Crippen molar-refractivity contribution in [2.45, 2.75) is 5.03 Å². The van der Waals surface area contributed by atoms with Crippen LogP contribution in [0.25, 0.3) is 0 Å². The first kappa shape index (κ1) is 7.93. The lowest BCUT2D eigenvalue weighted by molar-refractivity contribution is 0.611. The molecule has 0 N–H and O–H groups in total. The highest BCUT2D eigenvalue weighted by Gasteiger charge is 1.94. The van der Waals surface area contributed by atoms with Gasteiger partial charge in [0, 0.05) is 0 Å². The highest BCUT2D eigenvalue weighted by atomic mass is 127. The molecule has 1 heterocycles. The smallest absolute Gasteiger partial charge is 0.185 e. The molecule has 0 fully saturated rings. The third kappa shape index (κ3) is 1.91. The van der Waals surface area contributed by atoms with Gasteiger partial charge in [-0.3, -0.25) is 0 Å². The molecule has 0 amide bonds. The first-order valence-electron chi connectivity index (χ1n) is 2.47. The number of hydrogen-bond acceptors (Lipinski definition) is 3. The van der Waals surface area contributed by atoms with Crippen LogP contribution in [0.4, 0.5) is 0 Å². The van der Waals surface area contributed by atoms with Gasteiger partial charge in [0.2, 0.25) is 0 Å². The zero-order valence-electron chi connectivity index (χ0n) is 4.82. The lowest BCUT2D eigenvalue weighted by atomic mass is 10.5. The number of rotatable bonds is 1. The summed E-state index contributed by atoms with van der Waals surface area (Å²) in [5, 5.41) is 0.127. The fourth-order valence-corrected chi connectivity index (χ4v) is 1.55. The highest BCUT2D eigenvalue weighted by molar-refractivity contribution is 14.1. The molecule has 0 spiro atoms. The van der Waals surface area contributed by atoms with Gasteiger partial charge in [-0.2, -0.15) is 0 Å². The fraction of sp³-hybridized carbons (Fsp3) is 0. The van der Waals surface area contributed by atoms with Crippen molar-refractivity contribution < 1.29 is 8.42 Å². The molecule has 1 aromatic heterocycles. The van der Waals surface area contributed by atoms with Gasteiger partial charge in [-0.25, -0.2) is 13.4 Å². The zero-order valence-corrected chi connectivity index (χ0v) is 7.87. The van der Waals surface area contributed by atoms with Crippen molar-refractivity contribution in [1.82, 2.24) is 4.98 Å². The number of hydrogen-bond donors (Lipinski definition) is 1. The average Bonchev–Trinajstić information content (AvgIpc) is 1.88. The van der Waals surface area contributed by atoms with Crippen LogP contribution in [0.5, 0.6) is 0 Å². The van der Waals surface area contributed by atoms with Crippen LogP contribution >= 0.6 is 22.6 Å². The summed E-state index contributed by atoms with van der Waals surface area (Å²) in [7, 11) is -2.53. The molecule has 0 aliphatic heterocycles. The Kier molecular flexibility index (Phi) is 2.61. The maximum Gasteiger partial charge on any atom is 0.185 e. The van der Waals surface area contributed by atoms with E-state index in [4.69, 9.17) is 0 Å². The van der Waals surface area contributed by atoms with Gasteiger partial charge < -0.3 is 0 Å². The Bertz CT molecular complexity index is 302. The molecular formula is C5H4INO2S. The van der Waals surface area contributed by atoms with Crippen LogP contribution in [-0.4, -0.2) is 13.4 Å². The molecule has 0 atom stereocenters. The van der Waals surface area contributed by atoms with Crippen molar-refractivity contribution in [2.24, 2.45) is 0 Å². The van der Waals surface area contributed by atoms with E-state index in [2.05, 4.69) is 4.98 Å². The maximum absolute atomic E-state index is 10.3. The van der Waals surface area contributed by atoms with E-state index in [0.717, 1.165) is 0 Å². The first-order chi connectivity index (χ1) is 4.70. The molecule has 1 aromatic rings. The van der Waals surface area contributed by atoms with Gasteiger partial charge in [0.05, 0.1) is 0 Å². The average molecular weight is 269 g/mol. The molecule has 0 unspecified atom stereocenters. The minimum Gasteiger partial charge on any atom is -0.231 e. The summed E-state index contributed by atoms with van der Waals surface area (Å²) in [5.74, 6) is 0. The first-order valence-corrected chi connectivity index (χ1v) is 4.73. The zero-order chi connectivity index (χ0) is 7.56. The van der Waals surface area contributed by atoms with Crippen molar-refractivity contribution in [1.29, 1.82) is 0 Å². The van der Waals surface area contributed by atoms with Gasteiger partial charge in [-0.05, 0) is 34.7 Å². The standard InChI is InChI=1S/C5H4INO2S/c6-4-2-1-3-5(7-4)10(8)9/h1-3,10H. The Morgan fingerprint density at radius 1 is 1.40 bits per heavy atom. The Labute approximate surface area is 73.6 Å². The molecule has 0 saturated heterocycles. The number of halogens is 1. The summed E-state index contributed by atoms with van der Waals surface area (Å²) < 4.78 is 21.3. The maximum atomic E-state index is 10.3. The third-order valence-corrected chi connectivity index (χ3v) is 2.11. The van der Waals surface area contributed by atoms with E-state index in [0.29, 0.717) is 3.70 Å². The molecule has 0 aliphatic carbocycles. The van der Waals surface area contributed by atoms with Crippen molar-refractivity contribution in [3.05, 3.63) is 21.9 Å². The van der Waals surface area contributed by atoms with Gasteiger partial charge in [-0.15, -0.1) is 0 Å². The lowest BCUT2D eigenvalue weighted by Gasteiger charge is -1.88. The Morgan fingerprint density at radius 2 is 2.10 bits per heavy atom. The van der Waals surface area contributed by atoms with Crippen LogP contribution in [0.2, 0.25) is 0 Å². The van der Waals surface area contributed by atoms with Crippen molar-refractivity contribution >= 4 is 33.3 Å². The van der Waals surface area contributed by atoms with E-state index in [1.807, 2.05) is 22.6 Å². The van der Waals surface area contributed by atoms with Crippen molar-refractivity contribution in [2.75, 3.05) is 0 Å². The third-order valence-electron chi connectivity index (χ3n) is 0.887. The van der Waals surface area contributed by atoms with Crippen LogP contribution in [-0.2, 0) is 10.7 Å². The predicted octanol–water partition coefficient (Wildman–Crippen LogP) is 0.657. The number of aromatic nitrogens is 1. The highest BCUT2D eigenvalue weighted by Crippen LogP contribution is 2.02. The molecule has 0 aliphatic rings. The topological polar surface area (TPSA) is 47.0 Å². The van der Waals surface area contributed by atoms with E-state index < -0.39 is 10.7 Å². The fourth-order valence-electron chi connectivity index (χ4n) is 0.499. The molecule has 0 bridgehead atoms. The number of thiol groups is 1. The minimum atomic E-state index is -2.53. The second kappa shape index (κ2) is 3.29. The summed E-state index contributed by atoms with van der Waals surface area (Å²) in [5.41, 5.74) is 0. The monoisotopic (exact) mass is 269 g/mol. The van der Waals surface area contributed by atoms with Crippen LogP contribution in [0.15, 0.2) is 23.2 Å². The van der Waals surface area contributed by atoms with Crippen LogP contribution in [0, 0.1) is 3.70 Å². The van der Waals surface area contributed by atoms with Gasteiger partial charge in [0.15, 0.2) is 15.7 Å². The van der Waals surface area contributed by atoms with E-state index in [9.17, 15) is 8.42 Å². The molecule has 3 nitrogen and oxygen atoms in total. The van der Waals surface area contributed by atoms with Crippen LogP contribution in [0.1, 0.15) is 0 Å². The lowest BCUT2D eigenvalue weighted by Crippen LogP contribution is -1.87. The second-order valence-electron chi connectivity index (χ2n) is 1.58. The summed E-state index contributed by atoms with van der Waals surface area (Å²) >= 11 is 1.96. The molecule has 0 aromatic carbocycles. The number of pyridine rings is 1. The summed E-state index contributed by atoms with van der Waals surface area (Å²) in [6.07, 6.45) is 0. The normalized spacial score (nSPS) is 10.2. The van der Waals surface area contributed by atoms with Gasteiger partial charge >= 0.3 is 0 Å². The minimum absolute atomic E-state index is 0.127. The van der Waals surface area contributed by atoms with Crippen LogP contribution in [0.3, 0.4) is 0 Å². The predicted molar refractivity (Wildman–Crippen MR) is 45.5 cm³/mol. The second-order valence-corrected chi connectivity index (χ2v) is 3.65. The van der Waals surface area contributed by atoms with Gasteiger partial charge in [0.25, 0.3) is 0 Å². The van der Waals surface area contributed by atoms with Crippen LogP contribution < -0.4 is 0 Å². The van der Waals surface area contributed by atoms with E-state index in [1.165, 1.54) is 6.07 Å². The van der Waals surface area contributed by atoms with Crippen molar-refractivity contribution in [3.63, 3.8) is 0 Å². The largest absolute Gasteiger partial charge is 0.231 e. The number of nitrogens with zero attached hydrogens (tertiary/aromatic N) is 1. The molecule has 5 heteroatoms. The molecular weight excluding hydrogens is 265 g/mol. The van der Waals surface area contributed by atoms with Gasteiger partial charge in [0.1, 0.15) is 3.70 Å². The van der Waals surface area contributed by atoms with Crippen molar-refractivity contribution in [3.8, 4) is 0 Å². The van der Waals surface area contributed by atoms with Gasteiger partial charge in [-0.1, -0.05) is 6.07 Å². The quantitative estimate of drug-likeness (QED) is 0.463. The summed E-state index contributed by atoms with van der Waals surface area (Å²) in [4.78, 5) is 3.76. The molecule has 1 rings (SSSR count). The summed E-state index contributed by atoms with van der Waals surface area (Å²) in [6, 6.07) is 4.87. The SMILES string of the molecule is O=[SH](=O)c1cccc(I)n1. The molecule has 0 saturated carbocycles. The molecule has 54 valence electrons. The van der Waals surface area contributed by atoms with E-state index >= 15 is 0 Å². The molecule has 10 heavy (non-hydrogen) atoms. The Hall–Kier alpha value is -0.170.